The number of nitrogens with one attached hydrogen (secondary N) is 1. The smallest absolute Gasteiger partial charge is 0.330 e. The summed E-state index contributed by atoms with van der Waals surface area (Å²) in [7, 11) is -2.27. The maximum atomic E-state index is 13.4. The third-order valence-electron chi connectivity index (χ3n) is 6.83. The van der Waals surface area contributed by atoms with Crippen LogP contribution in [0.15, 0.2) is 89.1 Å². The summed E-state index contributed by atoms with van der Waals surface area (Å²) in [5.41, 5.74) is -0.683. The quantitative estimate of drug-likeness (QED) is 0.378. The van der Waals surface area contributed by atoms with Gasteiger partial charge in [0.25, 0.3) is 5.56 Å². The summed E-state index contributed by atoms with van der Waals surface area (Å²) in [6, 6.07) is 20.6. The van der Waals surface area contributed by atoms with Gasteiger partial charge in [-0.25, -0.2) is 4.79 Å². The molecule has 2 aromatic carbocycles. The third kappa shape index (κ3) is 5.38. The number of aromatic nitrogens is 2. The Hall–Kier alpha value is -3.00. The Bertz CT molecular complexity index is 1260. The zero-order chi connectivity index (χ0) is 25.9. The summed E-state index contributed by atoms with van der Waals surface area (Å²) < 4.78 is 14.9. The minimum absolute atomic E-state index is 0.103. The van der Waals surface area contributed by atoms with Gasteiger partial charge in [-0.05, 0) is 46.5 Å². The highest BCUT2D eigenvalue weighted by Gasteiger charge is 2.54. The van der Waals surface area contributed by atoms with Gasteiger partial charge in [0.15, 0.2) is 8.80 Å². The zero-order valence-electron chi connectivity index (χ0n) is 21.6. The Morgan fingerprint density at radius 3 is 2.22 bits per heavy atom. The highest BCUT2D eigenvalue weighted by Crippen LogP contribution is 2.42. The zero-order valence-corrected chi connectivity index (χ0v) is 22.7. The van der Waals surface area contributed by atoms with Crippen LogP contribution in [0.25, 0.3) is 0 Å². The molecule has 0 saturated carbocycles. The molecule has 2 heterocycles. The van der Waals surface area contributed by atoms with Crippen LogP contribution < -0.4 is 21.6 Å². The molecule has 1 aliphatic heterocycles. The van der Waals surface area contributed by atoms with E-state index in [0.29, 0.717) is 18.6 Å². The van der Waals surface area contributed by atoms with E-state index in [0.717, 1.165) is 16.8 Å². The molecule has 190 valence electrons. The largest absolute Gasteiger partial charge is 0.373 e. The molecule has 6 nitrogen and oxygen atoms in total. The molecule has 3 aromatic rings. The SMILES string of the molecule is C=CC[C@H]1C[C@@](n2cc(C)c(=O)[nH]c2=O)([SiH](c2ccccc2)c2ccccc2)O[C@@H]1COC(C)(C)C. The predicted octanol–water partition coefficient (Wildman–Crippen LogP) is 2.87. The number of benzene rings is 2. The molecule has 3 atom stereocenters. The van der Waals surface area contributed by atoms with Gasteiger partial charge in [-0.15, -0.1) is 6.58 Å². The lowest BCUT2D eigenvalue weighted by Crippen LogP contribution is -2.64. The molecule has 0 aliphatic carbocycles. The number of ether oxygens (including phenoxy) is 2. The van der Waals surface area contributed by atoms with Crippen molar-refractivity contribution < 1.29 is 9.47 Å². The first-order chi connectivity index (χ1) is 17.1. The first-order valence-electron chi connectivity index (χ1n) is 12.5. The third-order valence-corrected chi connectivity index (χ3v) is 10.5. The van der Waals surface area contributed by atoms with Crippen LogP contribution in [0.4, 0.5) is 0 Å². The molecule has 1 aliphatic rings. The monoisotopic (exact) mass is 504 g/mol. The van der Waals surface area contributed by atoms with Crippen LogP contribution >= 0.6 is 0 Å². The van der Waals surface area contributed by atoms with Gasteiger partial charge in [-0.2, -0.15) is 0 Å². The second kappa shape index (κ2) is 10.5. The topological polar surface area (TPSA) is 73.3 Å². The van der Waals surface area contributed by atoms with E-state index in [2.05, 4.69) is 35.8 Å². The fourth-order valence-electron chi connectivity index (χ4n) is 5.20. The summed E-state index contributed by atoms with van der Waals surface area (Å²) in [6.45, 7) is 12.2. The molecule has 0 bridgehead atoms. The lowest BCUT2D eigenvalue weighted by Gasteiger charge is -2.39. The van der Waals surface area contributed by atoms with E-state index in [9.17, 15) is 9.59 Å². The highest BCUT2D eigenvalue weighted by atomic mass is 28.3. The number of hydrogen-bond acceptors (Lipinski definition) is 4. The van der Waals surface area contributed by atoms with Crippen molar-refractivity contribution in [1.82, 2.24) is 9.55 Å². The first-order valence-corrected chi connectivity index (χ1v) is 14.2. The van der Waals surface area contributed by atoms with Gasteiger partial charge >= 0.3 is 5.69 Å². The molecule has 1 fully saturated rings. The summed E-state index contributed by atoms with van der Waals surface area (Å²) in [4.78, 5) is 28.3. The molecule has 0 radical (unpaired) electrons. The number of nitrogens with zero attached hydrogens (tertiary/aromatic N) is 1. The van der Waals surface area contributed by atoms with Gasteiger partial charge in [0.2, 0.25) is 0 Å². The van der Waals surface area contributed by atoms with Crippen LogP contribution in [-0.2, 0) is 14.8 Å². The van der Waals surface area contributed by atoms with E-state index in [-0.39, 0.29) is 23.2 Å². The van der Waals surface area contributed by atoms with E-state index in [4.69, 9.17) is 9.47 Å². The van der Waals surface area contributed by atoms with Crippen molar-refractivity contribution in [2.45, 2.75) is 57.6 Å². The number of allylic oxidation sites excluding steroid dienone is 1. The van der Waals surface area contributed by atoms with E-state index in [1.54, 1.807) is 17.7 Å². The molecule has 4 rings (SSSR count). The summed E-state index contributed by atoms with van der Waals surface area (Å²) in [5, 5.41) is 1.37. The standard InChI is InChI=1S/C29H36N2O4Si/c1-6-13-22-18-29(35-25(22)20-34-28(3,4)5,31-19-21(2)26(32)30-27(31)33)36(23-14-9-7-10-15-23)24-16-11-8-12-17-24/h6-12,14-17,19,22,25,36H,1,13,18,20H2,2-5H3,(H,30,32,33)/t22-,25+,29-/m0/s1. The van der Waals surface area contributed by atoms with Crippen LogP contribution in [0.5, 0.6) is 0 Å². The van der Waals surface area contributed by atoms with Crippen molar-refractivity contribution in [3.63, 3.8) is 0 Å². The maximum Gasteiger partial charge on any atom is 0.330 e. The number of H-pyrrole nitrogens is 1. The molecule has 36 heavy (non-hydrogen) atoms. The van der Waals surface area contributed by atoms with Crippen molar-refractivity contribution in [2.75, 3.05) is 6.61 Å². The second-order valence-electron chi connectivity index (χ2n) is 10.6. The average molecular weight is 505 g/mol. The Kier molecular flexibility index (Phi) is 7.64. The van der Waals surface area contributed by atoms with Crippen LogP contribution in [0.3, 0.4) is 0 Å². The van der Waals surface area contributed by atoms with Gasteiger partial charge < -0.3 is 9.47 Å². The van der Waals surface area contributed by atoms with Gasteiger partial charge in [0, 0.05) is 11.8 Å². The van der Waals surface area contributed by atoms with E-state index in [1.165, 1.54) is 0 Å². The Balaban J connectivity index is 1.96. The molecular weight excluding hydrogens is 468 g/mol. The van der Waals surface area contributed by atoms with E-state index >= 15 is 0 Å². The van der Waals surface area contributed by atoms with Crippen LogP contribution in [-0.4, -0.2) is 36.7 Å². The number of hydrogen-bond donors (Lipinski definition) is 1. The lowest BCUT2D eigenvalue weighted by molar-refractivity contribution is -0.107. The van der Waals surface area contributed by atoms with Gasteiger partial charge in [0.1, 0.15) is 5.35 Å². The predicted molar refractivity (Wildman–Crippen MR) is 147 cm³/mol. The summed E-state index contributed by atoms with van der Waals surface area (Å²) in [5.74, 6) is 0.103. The van der Waals surface area contributed by atoms with Crippen LogP contribution in [0.1, 0.15) is 39.2 Å². The molecule has 1 saturated heterocycles. The number of rotatable bonds is 8. The van der Waals surface area contributed by atoms with E-state index in [1.807, 2.05) is 63.2 Å². The molecule has 0 unspecified atom stereocenters. The summed E-state index contributed by atoms with van der Waals surface area (Å²) in [6.07, 6.45) is 4.70. The second-order valence-corrected chi connectivity index (χ2v) is 13.7. The molecular formula is C29H36N2O4Si. The fraction of sp³-hybridized carbons (Fsp3) is 0.379. The molecule has 0 amide bonds. The van der Waals surface area contributed by atoms with Crippen molar-refractivity contribution in [3.05, 3.63) is 106 Å². The van der Waals surface area contributed by atoms with Gasteiger partial charge in [0.05, 0.1) is 18.3 Å². The highest BCUT2D eigenvalue weighted by molar-refractivity contribution is 6.86. The normalized spacial score (nSPS) is 22.1. The first kappa shape index (κ1) is 26.1. The fourth-order valence-corrected chi connectivity index (χ4v) is 9.16. The van der Waals surface area contributed by atoms with Crippen LogP contribution in [0, 0.1) is 12.8 Å². The number of aromatic amines is 1. The number of aryl methyl sites for hydroxylation is 1. The molecule has 1 N–H and O–H groups in total. The molecule has 0 spiro atoms. The van der Waals surface area contributed by atoms with Gasteiger partial charge in [-0.3, -0.25) is 14.3 Å². The lowest BCUT2D eigenvalue weighted by atomic mass is 9.97. The van der Waals surface area contributed by atoms with Crippen molar-refractivity contribution in [1.29, 1.82) is 0 Å². The summed E-state index contributed by atoms with van der Waals surface area (Å²) >= 11 is 0. The maximum absolute atomic E-state index is 13.4. The minimum Gasteiger partial charge on any atom is -0.373 e. The van der Waals surface area contributed by atoms with Crippen LogP contribution in [0.2, 0.25) is 0 Å². The Labute approximate surface area is 214 Å². The Morgan fingerprint density at radius 1 is 1.11 bits per heavy atom. The molecule has 7 heteroatoms. The average Bonchev–Trinajstić information content (AvgIpc) is 3.20. The minimum atomic E-state index is -2.27. The van der Waals surface area contributed by atoms with Crippen molar-refractivity contribution in [2.24, 2.45) is 5.92 Å². The Morgan fingerprint density at radius 2 is 1.69 bits per heavy atom. The van der Waals surface area contributed by atoms with E-state index < -0.39 is 19.8 Å². The van der Waals surface area contributed by atoms with Gasteiger partial charge in [-0.1, -0.05) is 77.1 Å². The molecule has 1 aromatic heterocycles. The van der Waals surface area contributed by atoms with Crippen molar-refractivity contribution >= 4 is 19.2 Å². The van der Waals surface area contributed by atoms with Crippen molar-refractivity contribution in [3.8, 4) is 0 Å².